The van der Waals surface area contributed by atoms with Crippen molar-refractivity contribution in [3.63, 3.8) is 0 Å². The summed E-state index contributed by atoms with van der Waals surface area (Å²) in [7, 11) is 0. The minimum atomic E-state index is 0.0497. The lowest BCUT2D eigenvalue weighted by molar-refractivity contribution is -0.143. The van der Waals surface area contributed by atoms with E-state index >= 15 is 0 Å². The first kappa shape index (κ1) is 6.82. The lowest BCUT2D eigenvalue weighted by atomic mass is 9.60. The molecule has 2 aliphatic heterocycles. The Morgan fingerprint density at radius 1 is 1.08 bits per heavy atom. The van der Waals surface area contributed by atoms with Crippen LogP contribution < -0.4 is 0 Å². The van der Waals surface area contributed by atoms with E-state index in [1.165, 1.54) is 12.8 Å². The van der Waals surface area contributed by atoms with Crippen molar-refractivity contribution in [3.8, 4) is 0 Å². The summed E-state index contributed by atoms with van der Waals surface area (Å²) < 4.78 is 10.8. The summed E-state index contributed by atoms with van der Waals surface area (Å²) in [6, 6.07) is 0. The molecule has 5 aliphatic rings. The summed E-state index contributed by atoms with van der Waals surface area (Å²) in [6.45, 7) is 0.664. The molecule has 3 saturated carbocycles. The number of rotatable bonds is 0. The van der Waals surface area contributed by atoms with Crippen LogP contribution in [-0.4, -0.2) is 24.8 Å². The molecule has 0 aromatic rings. The number of carbonyl (C=O) groups excluding carboxylic acids is 1. The van der Waals surface area contributed by atoms with Crippen LogP contribution in [0.3, 0.4) is 0 Å². The molecule has 3 nitrogen and oxygen atoms in total. The topological polar surface area (TPSA) is 38.8 Å². The number of fused-ring (bicyclic) bond motifs is 1. The van der Waals surface area contributed by atoms with Gasteiger partial charge in [0.25, 0.3) is 0 Å². The third-order valence-corrected chi connectivity index (χ3v) is 4.40. The fraction of sp³-hybridized carbons (Fsp3) is 0.900. The molecule has 2 heterocycles. The van der Waals surface area contributed by atoms with Gasteiger partial charge in [0, 0.05) is 11.8 Å². The molecule has 6 atom stereocenters. The number of ether oxygens (including phenoxy) is 2. The van der Waals surface area contributed by atoms with Crippen LogP contribution in [0.15, 0.2) is 0 Å². The summed E-state index contributed by atoms with van der Waals surface area (Å²) in [4.78, 5) is 11.5. The van der Waals surface area contributed by atoms with Gasteiger partial charge in [0.15, 0.2) is 0 Å². The Labute approximate surface area is 76.4 Å². The number of cyclic esters (lactones) is 1. The van der Waals surface area contributed by atoms with Gasteiger partial charge in [-0.2, -0.15) is 0 Å². The number of hydrogen-bond acceptors (Lipinski definition) is 3. The van der Waals surface area contributed by atoms with Gasteiger partial charge in [-0.25, -0.2) is 0 Å². The molecule has 0 aromatic heterocycles. The molecule has 70 valence electrons. The van der Waals surface area contributed by atoms with E-state index in [0.717, 1.165) is 0 Å². The molecule has 6 unspecified atom stereocenters. The minimum Gasteiger partial charge on any atom is -0.465 e. The first-order valence-electron chi connectivity index (χ1n) is 5.18. The molecule has 0 spiro atoms. The van der Waals surface area contributed by atoms with Crippen LogP contribution in [0.25, 0.3) is 0 Å². The summed E-state index contributed by atoms with van der Waals surface area (Å²) in [6.07, 6.45) is 3.35. The highest BCUT2D eigenvalue weighted by Gasteiger charge is 2.66. The maximum absolute atomic E-state index is 11.5. The third-order valence-electron chi connectivity index (χ3n) is 4.40. The molecule has 5 fully saturated rings. The van der Waals surface area contributed by atoms with E-state index in [9.17, 15) is 4.79 Å². The predicted molar refractivity (Wildman–Crippen MR) is 42.8 cm³/mol. The molecule has 2 bridgehead atoms. The molecule has 0 N–H and O–H groups in total. The van der Waals surface area contributed by atoms with Crippen LogP contribution in [0.1, 0.15) is 12.8 Å². The van der Waals surface area contributed by atoms with Crippen molar-refractivity contribution >= 4 is 5.97 Å². The zero-order valence-corrected chi connectivity index (χ0v) is 7.31. The summed E-state index contributed by atoms with van der Waals surface area (Å²) in [5, 5.41) is 0. The van der Waals surface area contributed by atoms with Gasteiger partial charge in [0.1, 0.15) is 0 Å². The van der Waals surface area contributed by atoms with Gasteiger partial charge in [-0.3, -0.25) is 4.79 Å². The average Bonchev–Trinajstić information content (AvgIpc) is 2.88. The van der Waals surface area contributed by atoms with E-state index in [-0.39, 0.29) is 11.9 Å². The smallest absolute Gasteiger partial charge is 0.309 e. The largest absolute Gasteiger partial charge is 0.465 e. The van der Waals surface area contributed by atoms with Crippen LogP contribution in [-0.2, 0) is 14.3 Å². The van der Waals surface area contributed by atoms with Crippen molar-refractivity contribution in [1.82, 2.24) is 0 Å². The Kier molecular flexibility index (Phi) is 1.01. The number of esters is 1. The molecule has 0 amide bonds. The molecular formula is C10H12O3. The number of epoxide rings is 1. The molecule has 0 aromatic carbocycles. The van der Waals surface area contributed by atoms with E-state index in [4.69, 9.17) is 9.47 Å². The van der Waals surface area contributed by atoms with Crippen molar-refractivity contribution in [1.29, 1.82) is 0 Å². The Morgan fingerprint density at radius 2 is 1.85 bits per heavy atom. The van der Waals surface area contributed by atoms with Gasteiger partial charge in [-0.1, -0.05) is 0 Å². The van der Waals surface area contributed by atoms with Crippen molar-refractivity contribution in [3.05, 3.63) is 0 Å². The first-order valence-corrected chi connectivity index (χ1v) is 5.18. The zero-order chi connectivity index (χ0) is 8.58. The van der Waals surface area contributed by atoms with Crippen molar-refractivity contribution < 1.29 is 14.3 Å². The fourth-order valence-electron chi connectivity index (χ4n) is 3.82. The average molecular weight is 180 g/mol. The van der Waals surface area contributed by atoms with E-state index < -0.39 is 0 Å². The lowest BCUT2D eigenvalue weighted by Gasteiger charge is -2.39. The second kappa shape index (κ2) is 1.92. The monoisotopic (exact) mass is 180 g/mol. The minimum absolute atomic E-state index is 0.0497. The lowest BCUT2D eigenvalue weighted by Crippen LogP contribution is -2.45. The highest BCUT2D eigenvalue weighted by Crippen LogP contribution is 2.59. The Bertz CT molecular complexity index is 286. The summed E-state index contributed by atoms with van der Waals surface area (Å²) in [5.74, 6) is 1.87. The van der Waals surface area contributed by atoms with Crippen LogP contribution in [0.2, 0.25) is 0 Å². The molecule has 5 rings (SSSR count). The van der Waals surface area contributed by atoms with Crippen LogP contribution in [0, 0.1) is 23.7 Å². The van der Waals surface area contributed by atoms with Crippen LogP contribution in [0.4, 0.5) is 0 Å². The Hall–Kier alpha value is -0.570. The van der Waals surface area contributed by atoms with Gasteiger partial charge in [0.2, 0.25) is 0 Å². The van der Waals surface area contributed by atoms with Crippen molar-refractivity contribution in [2.45, 2.75) is 25.0 Å². The standard InChI is InChI=1S/C10H12O3/c11-10-7-5-2-1-4(6(7)3-12-10)8-9(5)13-8/h4-9H,1-3H2. The molecule has 13 heavy (non-hydrogen) atoms. The maximum atomic E-state index is 11.5. The van der Waals surface area contributed by atoms with Gasteiger partial charge in [-0.15, -0.1) is 0 Å². The molecule has 3 aliphatic carbocycles. The highest BCUT2D eigenvalue weighted by molar-refractivity contribution is 5.76. The molecular weight excluding hydrogens is 168 g/mol. The van der Waals surface area contributed by atoms with Gasteiger partial charge in [0.05, 0.1) is 24.7 Å². The predicted octanol–water partition coefficient (Wildman–Crippen LogP) is 0.583. The van der Waals surface area contributed by atoms with E-state index in [1.807, 2.05) is 0 Å². The Balaban J connectivity index is 1.79. The highest BCUT2D eigenvalue weighted by atomic mass is 16.6. The Morgan fingerprint density at radius 3 is 2.77 bits per heavy atom. The molecule has 2 saturated heterocycles. The number of hydrogen-bond donors (Lipinski definition) is 0. The summed E-state index contributed by atoms with van der Waals surface area (Å²) in [5.41, 5.74) is 0. The first-order chi connectivity index (χ1) is 6.36. The van der Waals surface area contributed by atoms with E-state index in [0.29, 0.717) is 36.6 Å². The van der Waals surface area contributed by atoms with Crippen LogP contribution in [0.5, 0.6) is 0 Å². The zero-order valence-electron chi connectivity index (χ0n) is 7.31. The fourth-order valence-corrected chi connectivity index (χ4v) is 3.82. The van der Waals surface area contributed by atoms with Gasteiger partial charge in [-0.05, 0) is 18.8 Å². The molecule has 3 heteroatoms. The number of carbonyl (C=O) groups is 1. The van der Waals surface area contributed by atoms with E-state index in [2.05, 4.69) is 0 Å². The molecule has 0 radical (unpaired) electrons. The normalized spacial score (nSPS) is 61.4. The second-order valence-electron chi connectivity index (χ2n) is 4.79. The maximum Gasteiger partial charge on any atom is 0.309 e. The van der Waals surface area contributed by atoms with Crippen molar-refractivity contribution in [2.24, 2.45) is 23.7 Å². The van der Waals surface area contributed by atoms with Crippen LogP contribution >= 0.6 is 0 Å². The third kappa shape index (κ3) is 0.654. The van der Waals surface area contributed by atoms with E-state index in [1.54, 1.807) is 0 Å². The van der Waals surface area contributed by atoms with Crippen molar-refractivity contribution in [2.75, 3.05) is 6.61 Å². The quantitative estimate of drug-likeness (QED) is 0.404. The second-order valence-corrected chi connectivity index (χ2v) is 4.79. The summed E-state index contributed by atoms with van der Waals surface area (Å²) >= 11 is 0. The van der Waals surface area contributed by atoms with Gasteiger partial charge >= 0.3 is 5.97 Å². The SMILES string of the molecule is O=C1OCC2C3CCC(C4OC34)C12. The van der Waals surface area contributed by atoms with Gasteiger partial charge < -0.3 is 9.47 Å².